The van der Waals surface area contributed by atoms with Gasteiger partial charge in [-0.1, -0.05) is 0 Å². The number of ether oxygens (including phenoxy) is 1. The van der Waals surface area contributed by atoms with E-state index in [1.807, 2.05) is 17.6 Å². The zero-order valence-corrected chi connectivity index (χ0v) is 13.4. The van der Waals surface area contributed by atoms with Crippen LogP contribution in [0, 0.1) is 6.92 Å². The highest BCUT2D eigenvalue weighted by molar-refractivity contribution is 5.85. The van der Waals surface area contributed by atoms with Crippen molar-refractivity contribution in [1.29, 1.82) is 0 Å². The van der Waals surface area contributed by atoms with Gasteiger partial charge in [-0.25, -0.2) is 15.0 Å². The minimum Gasteiger partial charge on any atom is -0.508 e. The van der Waals surface area contributed by atoms with Crippen molar-refractivity contribution in [1.82, 2.24) is 19.5 Å². The molecule has 7 nitrogen and oxygen atoms in total. The predicted octanol–water partition coefficient (Wildman–Crippen LogP) is 3.28. The van der Waals surface area contributed by atoms with E-state index < -0.39 is 0 Å². The summed E-state index contributed by atoms with van der Waals surface area (Å²) in [4.78, 5) is 13.2. The summed E-state index contributed by atoms with van der Waals surface area (Å²) in [7, 11) is 0. The van der Waals surface area contributed by atoms with E-state index >= 15 is 0 Å². The highest BCUT2D eigenvalue weighted by Crippen LogP contribution is 2.29. The molecule has 124 valence electrons. The van der Waals surface area contributed by atoms with Crippen molar-refractivity contribution in [3.63, 3.8) is 0 Å². The van der Waals surface area contributed by atoms with E-state index in [4.69, 9.17) is 4.74 Å². The normalized spacial score (nSPS) is 18.0. The molecule has 2 aromatic heterocycles. The van der Waals surface area contributed by atoms with Gasteiger partial charge in [-0.2, -0.15) is 0 Å². The molecule has 1 saturated heterocycles. The van der Waals surface area contributed by atoms with Gasteiger partial charge in [0.05, 0.1) is 6.33 Å². The van der Waals surface area contributed by atoms with Crippen molar-refractivity contribution in [2.45, 2.75) is 32.4 Å². The number of aromatic nitrogens is 4. The van der Waals surface area contributed by atoms with E-state index in [0.29, 0.717) is 11.3 Å². The van der Waals surface area contributed by atoms with Gasteiger partial charge in [-0.05, 0) is 49.9 Å². The Hall–Kier alpha value is -2.67. The van der Waals surface area contributed by atoms with Crippen LogP contribution in [0.15, 0.2) is 30.9 Å². The summed E-state index contributed by atoms with van der Waals surface area (Å²) < 4.78 is 7.81. The third-order valence-corrected chi connectivity index (χ3v) is 4.28. The van der Waals surface area contributed by atoms with Gasteiger partial charge in [0.1, 0.15) is 18.3 Å². The Morgan fingerprint density at radius 1 is 1.25 bits per heavy atom. The van der Waals surface area contributed by atoms with E-state index in [1.54, 1.807) is 18.5 Å². The molecule has 0 saturated carbocycles. The molecule has 1 atom stereocenters. The number of hydrogen-bond acceptors (Lipinski definition) is 6. The average molecular weight is 325 g/mol. The minimum absolute atomic E-state index is 0.0117. The quantitative estimate of drug-likeness (QED) is 0.719. The van der Waals surface area contributed by atoms with Crippen molar-refractivity contribution in [3.05, 3.63) is 36.4 Å². The summed E-state index contributed by atoms with van der Waals surface area (Å²) in [6, 6.07) is 5.33. The first-order chi connectivity index (χ1) is 11.7. The topological polar surface area (TPSA) is 85.1 Å². The van der Waals surface area contributed by atoms with Crippen LogP contribution in [0.4, 0.5) is 11.5 Å². The number of anilines is 2. The molecule has 1 aliphatic rings. The van der Waals surface area contributed by atoms with Crippen LogP contribution in [0.2, 0.25) is 0 Å². The molecule has 1 fully saturated rings. The SMILES string of the molecule is Cc1cc(Nc2ncnc3c2ncn3C2CCCCO2)ccc1O. The van der Waals surface area contributed by atoms with Crippen LogP contribution in [0.5, 0.6) is 5.75 Å². The Balaban J connectivity index is 1.68. The van der Waals surface area contributed by atoms with Crippen LogP contribution < -0.4 is 5.32 Å². The van der Waals surface area contributed by atoms with Crippen LogP contribution in [-0.4, -0.2) is 31.2 Å². The number of benzene rings is 1. The van der Waals surface area contributed by atoms with Crippen LogP contribution in [0.3, 0.4) is 0 Å². The maximum absolute atomic E-state index is 9.65. The smallest absolute Gasteiger partial charge is 0.167 e. The molecule has 1 unspecified atom stereocenters. The molecule has 2 N–H and O–H groups in total. The van der Waals surface area contributed by atoms with Crippen LogP contribution >= 0.6 is 0 Å². The summed E-state index contributed by atoms with van der Waals surface area (Å²) >= 11 is 0. The Bertz CT molecular complexity index is 871. The molecule has 7 heteroatoms. The first kappa shape index (κ1) is 14.9. The first-order valence-corrected chi connectivity index (χ1v) is 8.08. The zero-order chi connectivity index (χ0) is 16.5. The highest BCUT2D eigenvalue weighted by Gasteiger charge is 2.20. The van der Waals surface area contributed by atoms with E-state index in [9.17, 15) is 5.11 Å². The molecule has 3 heterocycles. The summed E-state index contributed by atoms with van der Waals surface area (Å²) in [6.07, 6.45) is 6.50. The zero-order valence-electron chi connectivity index (χ0n) is 13.4. The van der Waals surface area contributed by atoms with Gasteiger partial charge in [0.2, 0.25) is 0 Å². The molecule has 0 bridgehead atoms. The van der Waals surface area contributed by atoms with Gasteiger partial charge in [-0.15, -0.1) is 0 Å². The van der Waals surface area contributed by atoms with Gasteiger partial charge >= 0.3 is 0 Å². The Kier molecular flexibility index (Phi) is 3.78. The Morgan fingerprint density at radius 3 is 2.96 bits per heavy atom. The van der Waals surface area contributed by atoms with Crippen molar-refractivity contribution < 1.29 is 9.84 Å². The van der Waals surface area contributed by atoms with Gasteiger partial charge in [0.15, 0.2) is 17.0 Å². The Labute approximate surface area is 139 Å². The first-order valence-electron chi connectivity index (χ1n) is 8.08. The molecule has 0 spiro atoms. The molecule has 3 aromatic rings. The number of aryl methyl sites for hydroxylation is 1. The third-order valence-electron chi connectivity index (χ3n) is 4.28. The fourth-order valence-electron chi connectivity index (χ4n) is 2.97. The second kappa shape index (κ2) is 6.09. The lowest BCUT2D eigenvalue weighted by Gasteiger charge is -2.23. The van der Waals surface area contributed by atoms with Crippen LogP contribution in [0.25, 0.3) is 11.2 Å². The molecule has 0 amide bonds. The van der Waals surface area contributed by atoms with E-state index in [2.05, 4.69) is 20.3 Å². The third kappa shape index (κ3) is 2.67. The number of imidazole rings is 1. The molecule has 1 aromatic carbocycles. The standard InChI is InChI=1S/C17H19N5O2/c1-11-8-12(5-6-13(11)23)21-16-15-17(19-9-18-16)22(10-20-15)14-4-2-3-7-24-14/h5-6,8-10,14,23H,2-4,7H2,1H3,(H,18,19,21). The lowest BCUT2D eigenvalue weighted by Crippen LogP contribution is -2.17. The number of rotatable bonds is 3. The summed E-state index contributed by atoms with van der Waals surface area (Å²) in [5.41, 5.74) is 3.10. The lowest BCUT2D eigenvalue weighted by atomic mass is 10.2. The largest absolute Gasteiger partial charge is 0.508 e. The number of fused-ring (bicyclic) bond motifs is 1. The van der Waals surface area contributed by atoms with Crippen molar-refractivity contribution >= 4 is 22.7 Å². The molecule has 0 aliphatic carbocycles. The van der Waals surface area contributed by atoms with Crippen molar-refractivity contribution in [2.75, 3.05) is 11.9 Å². The number of phenols is 1. The van der Waals surface area contributed by atoms with Crippen molar-refractivity contribution in [3.8, 4) is 5.75 Å². The molecule has 0 radical (unpaired) electrons. The predicted molar refractivity (Wildman–Crippen MR) is 90.3 cm³/mol. The van der Waals surface area contributed by atoms with E-state index in [0.717, 1.165) is 42.8 Å². The molecule has 24 heavy (non-hydrogen) atoms. The van der Waals surface area contributed by atoms with Gasteiger partial charge in [0, 0.05) is 12.3 Å². The summed E-state index contributed by atoms with van der Waals surface area (Å²) in [6.45, 7) is 2.62. The number of nitrogens with zero attached hydrogens (tertiary/aromatic N) is 4. The maximum Gasteiger partial charge on any atom is 0.167 e. The van der Waals surface area contributed by atoms with Crippen LogP contribution in [0.1, 0.15) is 31.1 Å². The Morgan fingerprint density at radius 2 is 2.17 bits per heavy atom. The molecular weight excluding hydrogens is 306 g/mol. The van der Waals surface area contributed by atoms with Gasteiger partial charge < -0.3 is 15.2 Å². The lowest BCUT2D eigenvalue weighted by molar-refractivity contribution is -0.0298. The van der Waals surface area contributed by atoms with Gasteiger partial charge in [-0.3, -0.25) is 4.57 Å². The second-order valence-corrected chi connectivity index (χ2v) is 5.99. The van der Waals surface area contributed by atoms with E-state index in [-0.39, 0.29) is 12.0 Å². The monoisotopic (exact) mass is 325 g/mol. The fourth-order valence-corrected chi connectivity index (χ4v) is 2.97. The maximum atomic E-state index is 9.65. The number of aromatic hydroxyl groups is 1. The van der Waals surface area contributed by atoms with Crippen molar-refractivity contribution in [2.24, 2.45) is 0 Å². The fraction of sp³-hybridized carbons (Fsp3) is 0.353. The van der Waals surface area contributed by atoms with Gasteiger partial charge in [0.25, 0.3) is 0 Å². The molecular formula is C17H19N5O2. The minimum atomic E-state index is -0.0117. The highest BCUT2D eigenvalue weighted by atomic mass is 16.5. The molecule has 4 rings (SSSR count). The summed E-state index contributed by atoms with van der Waals surface area (Å²) in [5, 5.41) is 12.9. The second-order valence-electron chi connectivity index (χ2n) is 5.99. The average Bonchev–Trinajstić information content (AvgIpc) is 3.04. The van der Waals surface area contributed by atoms with E-state index in [1.165, 1.54) is 6.33 Å². The van der Waals surface area contributed by atoms with Crippen LogP contribution in [-0.2, 0) is 4.74 Å². The number of hydrogen-bond donors (Lipinski definition) is 2. The summed E-state index contributed by atoms with van der Waals surface area (Å²) in [5.74, 6) is 0.909. The number of phenolic OH excluding ortho intramolecular Hbond substituents is 1. The number of nitrogens with one attached hydrogen (secondary N) is 1. The molecule has 1 aliphatic heterocycles.